The van der Waals surface area contributed by atoms with Crippen LogP contribution < -0.4 is 0 Å². The van der Waals surface area contributed by atoms with Gasteiger partial charge in [-0.2, -0.15) is 0 Å². The van der Waals surface area contributed by atoms with Gasteiger partial charge in [-0.05, 0) is 17.7 Å². The van der Waals surface area contributed by atoms with E-state index in [9.17, 15) is 0 Å². The molecule has 0 N–H and O–H groups in total. The van der Waals surface area contributed by atoms with E-state index in [1.807, 2.05) is 0 Å². The zero-order valence-corrected chi connectivity index (χ0v) is 11.7. The van der Waals surface area contributed by atoms with Gasteiger partial charge >= 0.3 is 0 Å². The van der Waals surface area contributed by atoms with Gasteiger partial charge in [0.25, 0.3) is 0 Å². The maximum absolute atomic E-state index is 2.35. The Hall–Kier alpha value is 0.430. The SMILES string of the molecule is CCCCCCCCCPC(C)(C)C. The van der Waals surface area contributed by atoms with Crippen LogP contribution in [0.3, 0.4) is 0 Å². The normalized spacial score (nSPS) is 12.9. The van der Waals surface area contributed by atoms with E-state index in [2.05, 4.69) is 27.7 Å². The van der Waals surface area contributed by atoms with Crippen molar-refractivity contribution >= 4 is 8.58 Å². The highest BCUT2D eigenvalue weighted by molar-refractivity contribution is 7.39. The van der Waals surface area contributed by atoms with Crippen molar-refractivity contribution in [1.29, 1.82) is 0 Å². The molecule has 0 heterocycles. The fourth-order valence-corrected chi connectivity index (χ4v) is 2.72. The average molecular weight is 216 g/mol. The molecule has 0 saturated heterocycles. The van der Waals surface area contributed by atoms with E-state index >= 15 is 0 Å². The van der Waals surface area contributed by atoms with Gasteiger partial charge in [-0.1, -0.05) is 66.2 Å². The van der Waals surface area contributed by atoms with Gasteiger partial charge in [0.2, 0.25) is 0 Å². The van der Waals surface area contributed by atoms with Crippen LogP contribution >= 0.6 is 8.58 Å². The molecule has 0 saturated carbocycles. The zero-order chi connectivity index (χ0) is 10.9. The summed E-state index contributed by atoms with van der Waals surface area (Å²) in [6.45, 7) is 9.34. The van der Waals surface area contributed by atoms with Gasteiger partial charge in [-0.15, -0.1) is 8.58 Å². The average Bonchev–Trinajstić information content (AvgIpc) is 2.08. The van der Waals surface area contributed by atoms with E-state index in [0.717, 1.165) is 8.58 Å². The fourth-order valence-electron chi connectivity index (χ4n) is 1.55. The Morgan fingerprint density at radius 2 is 1.29 bits per heavy atom. The highest BCUT2D eigenvalue weighted by Crippen LogP contribution is 2.31. The van der Waals surface area contributed by atoms with E-state index in [1.54, 1.807) is 0 Å². The van der Waals surface area contributed by atoms with Crippen LogP contribution in [0.4, 0.5) is 0 Å². The number of unbranched alkanes of at least 4 members (excludes halogenated alkanes) is 6. The third-order valence-electron chi connectivity index (χ3n) is 2.44. The summed E-state index contributed by atoms with van der Waals surface area (Å²) in [5.41, 5.74) is 0. The second-order valence-corrected chi connectivity index (χ2v) is 7.65. The van der Waals surface area contributed by atoms with Crippen LogP contribution in [-0.4, -0.2) is 11.3 Å². The van der Waals surface area contributed by atoms with E-state index in [-0.39, 0.29) is 0 Å². The fraction of sp³-hybridized carbons (Fsp3) is 1.00. The molecule has 1 unspecified atom stereocenters. The molecule has 0 aliphatic heterocycles. The molecule has 0 spiro atoms. The van der Waals surface area contributed by atoms with Gasteiger partial charge in [0, 0.05) is 0 Å². The Labute approximate surface area is 93.0 Å². The molecule has 14 heavy (non-hydrogen) atoms. The maximum atomic E-state index is 2.35. The molecule has 0 rings (SSSR count). The molecule has 1 heteroatoms. The molecule has 0 nitrogen and oxygen atoms in total. The van der Waals surface area contributed by atoms with Crippen molar-refractivity contribution in [2.24, 2.45) is 0 Å². The Morgan fingerprint density at radius 1 is 0.786 bits per heavy atom. The molecular weight excluding hydrogens is 187 g/mol. The smallest absolute Gasteiger partial charge is 0.0207 e. The lowest BCUT2D eigenvalue weighted by Gasteiger charge is -2.17. The summed E-state index contributed by atoms with van der Waals surface area (Å²) in [4.78, 5) is 0. The molecule has 0 radical (unpaired) electrons. The standard InChI is InChI=1S/C13H29P/c1-5-6-7-8-9-10-11-12-14-13(2,3)4/h14H,5-12H2,1-4H3. The van der Waals surface area contributed by atoms with Crippen molar-refractivity contribution in [3.63, 3.8) is 0 Å². The molecule has 1 atom stereocenters. The summed E-state index contributed by atoms with van der Waals surface area (Å²) >= 11 is 0. The first-order valence-corrected chi connectivity index (χ1v) is 7.52. The van der Waals surface area contributed by atoms with E-state index in [1.165, 1.54) is 51.1 Å². The molecule has 0 aliphatic rings. The number of hydrogen-bond acceptors (Lipinski definition) is 0. The third-order valence-corrected chi connectivity index (χ3v) is 4.10. The number of hydrogen-bond donors (Lipinski definition) is 0. The van der Waals surface area contributed by atoms with Crippen LogP contribution in [0.25, 0.3) is 0 Å². The second-order valence-electron chi connectivity index (χ2n) is 5.30. The van der Waals surface area contributed by atoms with Gasteiger partial charge in [0.15, 0.2) is 0 Å². The lowest BCUT2D eigenvalue weighted by atomic mass is 10.1. The summed E-state index contributed by atoms with van der Waals surface area (Å²) in [5.74, 6) is 0. The monoisotopic (exact) mass is 216 g/mol. The Bertz CT molecular complexity index is 113. The minimum Gasteiger partial charge on any atom is -0.117 e. The van der Waals surface area contributed by atoms with Crippen molar-refractivity contribution in [3.05, 3.63) is 0 Å². The van der Waals surface area contributed by atoms with Crippen LogP contribution in [0, 0.1) is 0 Å². The largest absolute Gasteiger partial charge is 0.117 e. The first-order chi connectivity index (χ1) is 6.56. The quantitative estimate of drug-likeness (QED) is 0.386. The van der Waals surface area contributed by atoms with Crippen molar-refractivity contribution < 1.29 is 0 Å². The van der Waals surface area contributed by atoms with Crippen molar-refractivity contribution in [2.75, 3.05) is 6.16 Å². The summed E-state index contributed by atoms with van der Waals surface area (Å²) in [5, 5.41) is 0.572. The first-order valence-electron chi connectivity index (χ1n) is 6.31. The summed E-state index contributed by atoms with van der Waals surface area (Å²) in [6.07, 6.45) is 11.6. The second kappa shape index (κ2) is 8.72. The van der Waals surface area contributed by atoms with Crippen LogP contribution in [0.5, 0.6) is 0 Å². The molecule has 86 valence electrons. The van der Waals surface area contributed by atoms with Crippen molar-refractivity contribution in [3.8, 4) is 0 Å². The lowest BCUT2D eigenvalue weighted by Crippen LogP contribution is -2.05. The van der Waals surface area contributed by atoms with E-state index < -0.39 is 0 Å². The zero-order valence-electron chi connectivity index (χ0n) is 10.7. The van der Waals surface area contributed by atoms with Crippen molar-refractivity contribution in [1.82, 2.24) is 0 Å². The molecular formula is C13H29P. The Kier molecular flexibility index (Phi) is 8.98. The Balaban J connectivity index is 2.99. The summed E-state index contributed by atoms with van der Waals surface area (Å²) in [6, 6.07) is 0. The van der Waals surface area contributed by atoms with Crippen LogP contribution in [0.1, 0.15) is 72.6 Å². The van der Waals surface area contributed by atoms with E-state index in [0.29, 0.717) is 5.16 Å². The minimum atomic E-state index is 0.572. The number of rotatable bonds is 8. The van der Waals surface area contributed by atoms with Gasteiger partial charge in [0.1, 0.15) is 0 Å². The van der Waals surface area contributed by atoms with Gasteiger partial charge < -0.3 is 0 Å². The molecule has 0 fully saturated rings. The molecule has 0 bridgehead atoms. The summed E-state index contributed by atoms with van der Waals surface area (Å²) < 4.78 is 0. The van der Waals surface area contributed by atoms with Gasteiger partial charge in [-0.25, -0.2) is 0 Å². The van der Waals surface area contributed by atoms with Gasteiger partial charge in [-0.3, -0.25) is 0 Å². The maximum Gasteiger partial charge on any atom is -0.0207 e. The third kappa shape index (κ3) is 12.4. The Morgan fingerprint density at radius 3 is 1.79 bits per heavy atom. The lowest BCUT2D eigenvalue weighted by molar-refractivity contribution is 0.602. The van der Waals surface area contributed by atoms with Crippen LogP contribution in [0.15, 0.2) is 0 Å². The summed E-state index contributed by atoms with van der Waals surface area (Å²) in [7, 11) is 1.15. The van der Waals surface area contributed by atoms with Crippen LogP contribution in [-0.2, 0) is 0 Å². The van der Waals surface area contributed by atoms with Crippen LogP contribution in [0.2, 0.25) is 0 Å². The molecule has 0 aromatic heterocycles. The predicted octanol–water partition coefficient (Wildman–Crippen LogP) is 5.21. The molecule has 0 aromatic carbocycles. The molecule has 0 aliphatic carbocycles. The topological polar surface area (TPSA) is 0 Å². The minimum absolute atomic E-state index is 0.572. The molecule has 0 aromatic rings. The van der Waals surface area contributed by atoms with Gasteiger partial charge in [0.05, 0.1) is 0 Å². The first kappa shape index (κ1) is 14.4. The molecule has 0 amide bonds. The predicted molar refractivity (Wildman–Crippen MR) is 70.9 cm³/mol. The van der Waals surface area contributed by atoms with Crippen molar-refractivity contribution in [2.45, 2.75) is 77.8 Å². The highest BCUT2D eigenvalue weighted by Gasteiger charge is 2.08. The highest BCUT2D eigenvalue weighted by atomic mass is 31.1. The van der Waals surface area contributed by atoms with E-state index in [4.69, 9.17) is 0 Å².